The maximum Gasteiger partial charge on any atom is 0.240 e. The molecule has 0 amide bonds. The third kappa shape index (κ3) is 4.02. The van der Waals surface area contributed by atoms with E-state index in [0.717, 1.165) is 0 Å². The van der Waals surface area contributed by atoms with Crippen molar-refractivity contribution in [1.29, 1.82) is 0 Å². The molecule has 27 heavy (non-hydrogen) atoms. The van der Waals surface area contributed by atoms with Gasteiger partial charge >= 0.3 is 0 Å². The molecule has 2 aromatic heterocycles. The second kappa shape index (κ2) is 7.37. The number of benzene rings is 1. The zero-order valence-electron chi connectivity index (χ0n) is 14.1. The summed E-state index contributed by atoms with van der Waals surface area (Å²) in [6.45, 7) is 0. The number of rotatable bonds is 6. The molecule has 0 unspecified atom stereocenters. The summed E-state index contributed by atoms with van der Waals surface area (Å²) >= 11 is 6.03. The Morgan fingerprint density at radius 1 is 1.37 bits per heavy atom. The number of ether oxygens (including phenoxy) is 1. The number of nitrogens with two attached hydrogens (primary N) is 1. The van der Waals surface area contributed by atoms with Crippen LogP contribution in [0.3, 0.4) is 0 Å². The third-order valence-corrected chi connectivity index (χ3v) is 5.06. The quantitative estimate of drug-likeness (QED) is 0.665. The molecule has 0 atom stereocenters. The first-order valence-electron chi connectivity index (χ1n) is 7.72. The summed E-state index contributed by atoms with van der Waals surface area (Å²) in [5.74, 6) is 0.219. The number of sulfonamides is 1. The normalized spacial score (nSPS) is 12.1. The van der Waals surface area contributed by atoms with E-state index in [1.165, 1.54) is 36.2 Å². The van der Waals surface area contributed by atoms with Crippen LogP contribution in [0.25, 0.3) is 16.9 Å². The highest BCUT2D eigenvalue weighted by Gasteiger charge is 2.20. The molecular weight excluding hydrogens is 402 g/mol. The molecule has 144 valence electrons. The highest BCUT2D eigenvalue weighted by Crippen LogP contribution is 2.30. The Morgan fingerprint density at radius 3 is 2.74 bits per heavy atom. The number of aryl methyl sites for hydroxylation is 1. The minimum atomic E-state index is -4.01. The monoisotopic (exact) mass is 416 g/mol. The molecule has 0 aliphatic heterocycles. The standard InChI is InChI=1S/C16H15ClF2N4O3S/c1-26-15-9(2-5-14(18)19)7-21-16(22-15)23-8-13(27(20,24)25)11-4-3-10(17)6-12(11)23/h3-4,6-8,14H,2,5H2,1H3,(H2,20,24,25). The van der Waals surface area contributed by atoms with E-state index in [-0.39, 0.29) is 29.6 Å². The molecular formula is C16H15ClF2N4O3S. The van der Waals surface area contributed by atoms with Gasteiger partial charge in [-0.05, 0) is 24.6 Å². The van der Waals surface area contributed by atoms with Gasteiger partial charge < -0.3 is 4.74 Å². The van der Waals surface area contributed by atoms with Crippen LogP contribution in [0.1, 0.15) is 12.0 Å². The molecule has 0 aliphatic carbocycles. The number of fused-ring (bicyclic) bond motifs is 1. The summed E-state index contributed by atoms with van der Waals surface area (Å²) in [7, 11) is -2.65. The number of hydrogen-bond donors (Lipinski definition) is 1. The molecule has 2 heterocycles. The van der Waals surface area contributed by atoms with Gasteiger partial charge in [-0.15, -0.1) is 0 Å². The van der Waals surface area contributed by atoms with Crippen molar-refractivity contribution >= 4 is 32.5 Å². The highest BCUT2D eigenvalue weighted by molar-refractivity contribution is 7.89. The van der Waals surface area contributed by atoms with Gasteiger partial charge in [0.05, 0.1) is 12.6 Å². The summed E-state index contributed by atoms with van der Waals surface area (Å²) in [5.41, 5.74) is 0.844. The topological polar surface area (TPSA) is 100 Å². The molecule has 2 N–H and O–H groups in total. The number of nitrogens with zero attached hydrogens (tertiary/aromatic N) is 3. The summed E-state index contributed by atoms with van der Waals surface area (Å²) in [5, 5.41) is 6.02. The highest BCUT2D eigenvalue weighted by atomic mass is 35.5. The molecule has 0 bridgehead atoms. The second-order valence-corrected chi connectivity index (χ2v) is 7.67. The van der Waals surface area contributed by atoms with Gasteiger partial charge in [0.15, 0.2) is 0 Å². The van der Waals surface area contributed by atoms with Gasteiger partial charge in [-0.1, -0.05) is 11.6 Å². The van der Waals surface area contributed by atoms with E-state index < -0.39 is 16.4 Å². The van der Waals surface area contributed by atoms with Crippen molar-refractivity contribution in [2.45, 2.75) is 24.2 Å². The zero-order chi connectivity index (χ0) is 19.8. The van der Waals surface area contributed by atoms with Crippen LogP contribution in [0.15, 0.2) is 35.5 Å². The van der Waals surface area contributed by atoms with Crippen molar-refractivity contribution in [3.63, 3.8) is 0 Å². The lowest BCUT2D eigenvalue weighted by atomic mass is 10.2. The van der Waals surface area contributed by atoms with E-state index in [1.54, 1.807) is 6.07 Å². The zero-order valence-corrected chi connectivity index (χ0v) is 15.6. The maximum absolute atomic E-state index is 12.5. The van der Waals surface area contributed by atoms with Gasteiger partial charge in [0, 0.05) is 34.8 Å². The first-order valence-corrected chi connectivity index (χ1v) is 9.65. The minimum Gasteiger partial charge on any atom is -0.481 e. The molecule has 3 aromatic rings. The average molecular weight is 417 g/mol. The van der Waals surface area contributed by atoms with Crippen LogP contribution in [0, 0.1) is 0 Å². The third-order valence-electron chi connectivity index (χ3n) is 3.89. The summed E-state index contributed by atoms with van der Waals surface area (Å²) in [6.07, 6.45) is -0.110. The van der Waals surface area contributed by atoms with E-state index in [1.807, 2.05) is 0 Å². The molecule has 0 radical (unpaired) electrons. The van der Waals surface area contributed by atoms with Gasteiger partial charge in [0.1, 0.15) is 4.90 Å². The van der Waals surface area contributed by atoms with Crippen molar-refractivity contribution in [1.82, 2.24) is 14.5 Å². The number of hydrogen-bond acceptors (Lipinski definition) is 5. The van der Waals surface area contributed by atoms with Gasteiger partial charge in [-0.2, -0.15) is 4.98 Å². The Kier molecular flexibility index (Phi) is 5.31. The van der Waals surface area contributed by atoms with Crippen LogP contribution < -0.4 is 9.88 Å². The fraction of sp³-hybridized carbons (Fsp3) is 0.250. The predicted octanol–water partition coefficient (Wildman–Crippen LogP) is 2.93. The second-order valence-electron chi connectivity index (χ2n) is 5.70. The Hall–Kier alpha value is -2.30. The van der Waals surface area contributed by atoms with Gasteiger partial charge in [0.2, 0.25) is 28.3 Å². The molecule has 11 heteroatoms. The van der Waals surface area contributed by atoms with Crippen LogP contribution in [0.5, 0.6) is 5.88 Å². The van der Waals surface area contributed by atoms with E-state index in [9.17, 15) is 17.2 Å². The number of aromatic nitrogens is 3. The van der Waals surface area contributed by atoms with Gasteiger partial charge in [-0.3, -0.25) is 4.57 Å². The Bertz CT molecular complexity index is 1100. The Labute approximate surface area is 158 Å². The molecule has 0 aliphatic rings. The van der Waals surface area contributed by atoms with E-state index in [2.05, 4.69) is 9.97 Å². The number of alkyl halides is 2. The molecule has 3 rings (SSSR count). The first-order chi connectivity index (χ1) is 12.7. The summed E-state index contributed by atoms with van der Waals surface area (Å²) in [4.78, 5) is 8.27. The van der Waals surface area contributed by atoms with Crippen LogP contribution in [0.4, 0.5) is 8.78 Å². The Morgan fingerprint density at radius 2 is 2.11 bits per heavy atom. The van der Waals surface area contributed by atoms with Crippen LogP contribution in [-0.2, 0) is 16.4 Å². The number of primary sulfonamides is 1. The Balaban J connectivity index is 2.16. The van der Waals surface area contributed by atoms with Gasteiger partial charge in [0.25, 0.3) is 0 Å². The molecule has 0 fully saturated rings. The first kappa shape index (κ1) is 19.5. The minimum absolute atomic E-state index is 0.0435. The average Bonchev–Trinajstić information content (AvgIpc) is 2.98. The lowest BCUT2D eigenvalue weighted by Crippen LogP contribution is -2.11. The summed E-state index contributed by atoms with van der Waals surface area (Å²) in [6, 6.07) is 4.62. The molecule has 7 nitrogen and oxygen atoms in total. The van der Waals surface area contributed by atoms with Crippen molar-refractivity contribution in [3.8, 4) is 11.8 Å². The fourth-order valence-corrected chi connectivity index (χ4v) is 3.57. The number of halogens is 3. The van der Waals surface area contributed by atoms with Crippen LogP contribution in [0.2, 0.25) is 5.02 Å². The largest absolute Gasteiger partial charge is 0.481 e. The predicted molar refractivity (Wildman–Crippen MR) is 96.1 cm³/mol. The number of methoxy groups -OCH3 is 1. The lowest BCUT2D eigenvalue weighted by molar-refractivity contribution is 0.137. The van der Waals surface area contributed by atoms with E-state index in [4.69, 9.17) is 21.5 Å². The molecule has 0 saturated carbocycles. The lowest BCUT2D eigenvalue weighted by Gasteiger charge is -2.10. The molecule has 1 aromatic carbocycles. The molecule has 0 spiro atoms. The van der Waals surface area contributed by atoms with E-state index in [0.29, 0.717) is 21.5 Å². The smallest absolute Gasteiger partial charge is 0.240 e. The van der Waals surface area contributed by atoms with Gasteiger partial charge in [-0.25, -0.2) is 27.3 Å². The van der Waals surface area contributed by atoms with Crippen LogP contribution >= 0.6 is 11.6 Å². The molecule has 0 saturated heterocycles. The maximum atomic E-state index is 12.5. The van der Waals surface area contributed by atoms with Crippen LogP contribution in [-0.4, -0.2) is 36.5 Å². The fourth-order valence-electron chi connectivity index (χ4n) is 2.67. The van der Waals surface area contributed by atoms with Crippen molar-refractivity contribution < 1.29 is 21.9 Å². The van der Waals surface area contributed by atoms with Crippen molar-refractivity contribution in [2.75, 3.05) is 7.11 Å². The van der Waals surface area contributed by atoms with Crippen molar-refractivity contribution in [2.24, 2.45) is 5.14 Å². The van der Waals surface area contributed by atoms with E-state index >= 15 is 0 Å². The van der Waals surface area contributed by atoms with Crippen molar-refractivity contribution in [3.05, 3.63) is 41.2 Å². The summed E-state index contributed by atoms with van der Waals surface area (Å²) < 4.78 is 55.3. The SMILES string of the molecule is COc1nc(-n2cc(S(N)(=O)=O)c3ccc(Cl)cc32)ncc1CCC(F)F.